The highest BCUT2D eigenvalue weighted by molar-refractivity contribution is 7.99. The topological polar surface area (TPSA) is 41.5 Å². The third-order valence-electron chi connectivity index (χ3n) is 2.81. The number of aliphatic hydroxyl groups is 1. The quantitative estimate of drug-likeness (QED) is 0.694. The Morgan fingerprint density at radius 3 is 3.00 bits per heavy atom. The lowest BCUT2D eigenvalue weighted by Crippen LogP contribution is -2.40. The fourth-order valence-electron chi connectivity index (χ4n) is 2.11. The Labute approximate surface area is 97.0 Å². The Morgan fingerprint density at radius 1 is 1.53 bits per heavy atom. The second-order valence-corrected chi connectivity index (χ2v) is 5.56. The summed E-state index contributed by atoms with van der Waals surface area (Å²) in [6.07, 6.45) is 3.51. The molecule has 90 valence electrons. The van der Waals surface area contributed by atoms with Gasteiger partial charge in [-0.05, 0) is 18.6 Å². The highest BCUT2D eigenvalue weighted by Crippen LogP contribution is 2.29. The van der Waals surface area contributed by atoms with E-state index in [1.165, 1.54) is 25.0 Å². The molecule has 0 aromatic carbocycles. The van der Waals surface area contributed by atoms with E-state index in [1.807, 2.05) is 11.8 Å². The average Bonchev–Trinajstić information content (AvgIpc) is 2.64. The minimum atomic E-state index is -0.372. The number of hydrogen-bond acceptors (Lipinski definition) is 4. The smallest absolute Gasteiger partial charge is 0.0897 e. The summed E-state index contributed by atoms with van der Waals surface area (Å²) < 4.78 is 4.90. The zero-order chi connectivity index (χ0) is 11.1. The molecular formula is C11H23NO2S. The molecule has 0 aromatic rings. The minimum absolute atomic E-state index is 0.372. The summed E-state index contributed by atoms with van der Waals surface area (Å²) in [7, 11) is 1.62. The van der Waals surface area contributed by atoms with Crippen molar-refractivity contribution in [3.8, 4) is 0 Å². The predicted molar refractivity (Wildman–Crippen MR) is 65.4 cm³/mol. The van der Waals surface area contributed by atoms with Crippen molar-refractivity contribution in [1.82, 2.24) is 5.32 Å². The average molecular weight is 233 g/mol. The monoisotopic (exact) mass is 233 g/mol. The Kier molecular flexibility index (Phi) is 6.64. The van der Waals surface area contributed by atoms with Crippen LogP contribution < -0.4 is 5.32 Å². The molecule has 0 amide bonds. The molecule has 0 radical (unpaired) electrons. The van der Waals surface area contributed by atoms with Gasteiger partial charge in [-0.2, -0.15) is 11.8 Å². The van der Waals surface area contributed by atoms with E-state index in [0.29, 0.717) is 19.2 Å². The Morgan fingerprint density at radius 2 is 2.33 bits per heavy atom. The first-order valence-corrected chi connectivity index (χ1v) is 6.84. The van der Waals surface area contributed by atoms with Gasteiger partial charge in [0.1, 0.15) is 0 Å². The highest BCUT2D eigenvalue weighted by Gasteiger charge is 2.26. The maximum atomic E-state index is 9.53. The minimum Gasteiger partial charge on any atom is -0.389 e. The van der Waals surface area contributed by atoms with Crippen molar-refractivity contribution in [2.75, 3.05) is 26.0 Å². The molecule has 4 heteroatoms. The predicted octanol–water partition coefficient (Wildman–Crippen LogP) is 1.26. The van der Waals surface area contributed by atoms with Crippen molar-refractivity contribution in [2.45, 2.75) is 43.6 Å². The van der Waals surface area contributed by atoms with Crippen LogP contribution in [0.2, 0.25) is 0 Å². The summed E-state index contributed by atoms with van der Waals surface area (Å²) in [5.41, 5.74) is 0. The first-order chi connectivity index (χ1) is 7.27. The van der Waals surface area contributed by atoms with E-state index < -0.39 is 0 Å². The third-order valence-corrected chi connectivity index (χ3v) is 4.13. The third kappa shape index (κ3) is 4.72. The lowest BCUT2D eigenvalue weighted by Gasteiger charge is -2.21. The number of thioether (sulfide) groups is 1. The highest BCUT2D eigenvalue weighted by atomic mass is 32.2. The van der Waals surface area contributed by atoms with Gasteiger partial charge >= 0.3 is 0 Å². The summed E-state index contributed by atoms with van der Waals surface area (Å²) in [4.78, 5) is 0. The Hall–Kier alpha value is 0.230. The lowest BCUT2D eigenvalue weighted by atomic mass is 10.2. The number of aliphatic hydroxyl groups excluding tert-OH is 1. The van der Waals surface area contributed by atoms with Gasteiger partial charge in [-0.15, -0.1) is 0 Å². The fourth-order valence-corrected chi connectivity index (χ4v) is 3.34. The van der Waals surface area contributed by atoms with Crippen LogP contribution in [-0.2, 0) is 4.74 Å². The van der Waals surface area contributed by atoms with Crippen LogP contribution in [0.1, 0.15) is 26.2 Å². The Balaban J connectivity index is 2.19. The van der Waals surface area contributed by atoms with Gasteiger partial charge in [0.2, 0.25) is 0 Å². The molecule has 3 unspecified atom stereocenters. The SMILES string of the molecule is CCSC1CCCC1NCC(O)COC. The van der Waals surface area contributed by atoms with Crippen molar-refractivity contribution in [2.24, 2.45) is 0 Å². The van der Waals surface area contributed by atoms with E-state index in [4.69, 9.17) is 4.74 Å². The molecule has 0 bridgehead atoms. The van der Waals surface area contributed by atoms with Gasteiger partial charge in [-0.25, -0.2) is 0 Å². The van der Waals surface area contributed by atoms with Gasteiger partial charge in [-0.3, -0.25) is 0 Å². The van der Waals surface area contributed by atoms with E-state index >= 15 is 0 Å². The van der Waals surface area contributed by atoms with E-state index in [2.05, 4.69) is 12.2 Å². The fraction of sp³-hybridized carbons (Fsp3) is 1.00. The van der Waals surface area contributed by atoms with Crippen molar-refractivity contribution in [1.29, 1.82) is 0 Å². The van der Waals surface area contributed by atoms with Gasteiger partial charge in [0, 0.05) is 24.9 Å². The standard InChI is InChI=1S/C11H23NO2S/c1-3-15-11-6-4-5-10(11)12-7-9(13)8-14-2/h9-13H,3-8H2,1-2H3. The number of nitrogens with one attached hydrogen (secondary N) is 1. The molecule has 0 aliphatic heterocycles. The molecule has 0 heterocycles. The summed E-state index contributed by atoms with van der Waals surface area (Å²) in [5.74, 6) is 1.18. The summed E-state index contributed by atoms with van der Waals surface area (Å²) in [6, 6.07) is 0.585. The first-order valence-electron chi connectivity index (χ1n) is 5.80. The van der Waals surface area contributed by atoms with Crippen LogP contribution in [0.3, 0.4) is 0 Å². The number of ether oxygens (including phenoxy) is 1. The van der Waals surface area contributed by atoms with E-state index in [9.17, 15) is 5.11 Å². The van der Waals surface area contributed by atoms with Crippen LogP contribution in [0.5, 0.6) is 0 Å². The normalized spacial score (nSPS) is 28.2. The molecule has 0 spiro atoms. The second-order valence-electron chi connectivity index (χ2n) is 4.05. The van der Waals surface area contributed by atoms with E-state index in [-0.39, 0.29) is 6.10 Å². The van der Waals surface area contributed by atoms with Crippen molar-refractivity contribution in [3.05, 3.63) is 0 Å². The first kappa shape index (κ1) is 13.3. The van der Waals surface area contributed by atoms with Crippen LogP contribution in [0, 0.1) is 0 Å². The molecule has 2 N–H and O–H groups in total. The van der Waals surface area contributed by atoms with Crippen LogP contribution in [0.4, 0.5) is 0 Å². The Bertz CT molecular complexity index is 169. The van der Waals surface area contributed by atoms with Gasteiger partial charge in [0.25, 0.3) is 0 Å². The molecule has 1 rings (SSSR count). The number of methoxy groups -OCH3 is 1. The van der Waals surface area contributed by atoms with Gasteiger partial charge in [0.05, 0.1) is 12.7 Å². The lowest BCUT2D eigenvalue weighted by molar-refractivity contribution is 0.0629. The summed E-state index contributed by atoms with van der Waals surface area (Å²) in [6.45, 7) is 3.28. The van der Waals surface area contributed by atoms with E-state index in [1.54, 1.807) is 7.11 Å². The van der Waals surface area contributed by atoms with E-state index in [0.717, 1.165) is 5.25 Å². The van der Waals surface area contributed by atoms with Gasteiger partial charge in [-0.1, -0.05) is 13.3 Å². The molecule has 1 saturated carbocycles. The number of hydrogen-bond donors (Lipinski definition) is 2. The molecule has 1 aliphatic carbocycles. The van der Waals surface area contributed by atoms with Crippen LogP contribution >= 0.6 is 11.8 Å². The molecule has 1 aliphatic rings. The zero-order valence-corrected chi connectivity index (χ0v) is 10.6. The van der Waals surface area contributed by atoms with Crippen molar-refractivity contribution < 1.29 is 9.84 Å². The summed E-state index contributed by atoms with van der Waals surface area (Å²) >= 11 is 2.04. The maximum absolute atomic E-state index is 9.53. The molecule has 0 aromatic heterocycles. The molecular weight excluding hydrogens is 210 g/mol. The van der Waals surface area contributed by atoms with Crippen LogP contribution in [-0.4, -0.2) is 48.5 Å². The van der Waals surface area contributed by atoms with Crippen LogP contribution in [0.15, 0.2) is 0 Å². The van der Waals surface area contributed by atoms with Gasteiger partial charge < -0.3 is 15.2 Å². The van der Waals surface area contributed by atoms with Crippen molar-refractivity contribution in [3.63, 3.8) is 0 Å². The molecule has 3 nitrogen and oxygen atoms in total. The second kappa shape index (κ2) is 7.49. The number of rotatable bonds is 7. The molecule has 1 fully saturated rings. The molecule has 3 atom stereocenters. The zero-order valence-electron chi connectivity index (χ0n) is 9.74. The van der Waals surface area contributed by atoms with Gasteiger partial charge in [0.15, 0.2) is 0 Å². The largest absolute Gasteiger partial charge is 0.389 e. The summed E-state index contributed by atoms with van der Waals surface area (Å²) in [5, 5.41) is 13.7. The van der Waals surface area contributed by atoms with Crippen LogP contribution in [0.25, 0.3) is 0 Å². The van der Waals surface area contributed by atoms with Crippen molar-refractivity contribution >= 4 is 11.8 Å². The molecule has 15 heavy (non-hydrogen) atoms. The molecule has 0 saturated heterocycles. The maximum Gasteiger partial charge on any atom is 0.0897 e.